The molecule has 1 aromatic heterocycles. The number of benzene rings is 2. The van der Waals surface area contributed by atoms with Crippen LogP contribution < -0.4 is 4.90 Å². The monoisotopic (exact) mass is 435 g/mol. The van der Waals surface area contributed by atoms with Gasteiger partial charge in [0.1, 0.15) is 5.69 Å². The maximum absolute atomic E-state index is 13.4. The highest BCUT2D eigenvalue weighted by atomic mass is 35.5. The van der Waals surface area contributed by atoms with Crippen molar-refractivity contribution in [2.24, 2.45) is 5.92 Å². The first-order valence-corrected chi connectivity index (χ1v) is 11.4. The number of amides is 1. The van der Waals surface area contributed by atoms with Gasteiger partial charge in [-0.2, -0.15) is 0 Å². The Bertz CT molecular complexity index is 1040. The van der Waals surface area contributed by atoms with E-state index in [1.165, 1.54) is 12.8 Å². The van der Waals surface area contributed by atoms with E-state index in [1.807, 2.05) is 35.2 Å². The smallest absolute Gasteiger partial charge is 0.254 e. The molecule has 31 heavy (non-hydrogen) atoms. The molecule has 0 spiro atoms. The maximum atomic E-state index is 13.4. The lowest BCUT2D eigenvalue weighted by Gasteiger charge is -2.24. The van der Waals surface area contributed by atoms with Gasteiger partial charge in [0.25, 0.3) is 5.91 Å². The molecule has 5 rings (SSSR count). The van der Waals surface area contributed by atoms with Crippen molar-refractivity contribution in [1.29, 1.82) is 0 Å². The molecule has 160 valence electrons. The van der Waals surface area contributed by atoms with Gasteiger partial charge in [0, 0.05) is 35.8 Å². The van der Waals surface area contributed by atoms with E-state index in [9.17, 15) is 4.79 Å². The summed E-state index contributed by atoms with van der Waals surface area (Å²) in [6.07, 6.45) is 4.66. The first-order chi connectivity index (χ1) is 15.2. The molecule has 0 atom stereocenters. The Labute approximate surface area is 187 Å². The fourth-order valence-electron chi connectivity index (χ4n) is 4.23. The second-order valence-electron chi connectivity index (χ2n) is 8.51. The molecule has 1 amide bonds. The number of nitrogens with zero attached hydrogens (tertiary/aromatic N) is 3. The number of carbonyl (C=O) groups excluding carboxylic acids is 1. The van der Waals surface area contributed by atoms with E-state index in [1.54, 1.807) is 24.3 Å². The molecule has 3 aromatic rings. The summed E-state index contributed by atoms with van der Waals surface area (Å²) >= 11 is 6.04. The van der Waals surface area contributed by atoms with Gasteiger partial charge in [0.05, 0.1) is 12.1 Å². The second-order valence-corrected chi connectivity index (χ2v) is 8.95. The molecule has 6 heteroatoms. The molecule has 0 unspecified atom stereocenters. The summed E-state index contributed by atoms with van der Waals surface area (Å²) in [7, 11) is 0. The van der Waals surface area contributed by atoms with Gasteiger partial charge >= 0.3 is 0 Å². The van der Waals surface area contributed by atoms with Crippen LogP contribution in [0.4, 0.5) is 5.88 Å². The second kappa shape index (κ2) is 8.75. The third kappa shape index (κ3) is 4.47. The number of rotatable bonds is 7. The van der Waals surface area contributed by atoms with E-state index < -0.39 is 0 Å². The van der Waals surface area contributed by atoms with Crippen molar-refractivity contribution in [3.05, 3.63) is 70.7 Å². The average molecular weight is 436 g/mol. The highest BCUT2D eigenvalue weighted by Gasteiger charge is 2.31. The molecule has 5 nitrogen and oxygen atoms in total. The minimum Gasteiger partial charge on any atom is -0.340 e. The van der Waals surface area contributed by atoms with Gasteiger partial charge in [-0.15, -0.1) is 0 Å². The number of hydrogen-bond donors (Lipinski definition) is 0. The number of hydrogen-bond acceptors (Lipinski definition) is 4. The van der Waals surface area contributed by atoms with Crippen LogP contribution in [-0.2, 0) is 6.54 Å². The Kier molecular flexibility index (Phi) is 5.68. The SMILES string of the molecule is O=C(c1ccc(Cl)cc1)N(Cc1c(-c2ccccc2)noc1N1CCCC1)CC1CC1. The molecule has 0 N–H and O–H groups in total. The number of aromatic nitrogens is 1. The normalized spacial score (nSPS) is 16.0. The van der Waals surface area contributed by atoms with Crippen molar-refractivity contribution in [1.82, 2.24) is 10.1 Å². The Morgan fingerprint density at radius 1 is 1.06 bits per heavy atom. The van der Waals surface area contributed by atoms with E-state index in [4.69, 9.17) is 16.1 Å². The summed E-state index contributed by atoms with van der Waals surface area (Å²) in [5.41, 5.74) is 3.49. The van der Waals surface area contributed by atoms with E-state index in [-0.39, 0.29) is 5.91 Å². The van der Waals surface area contributed by atoms with Crippen LogP contribution in [-0.4, -0.2) is 35.6 Å². The van der Waals surface area contributed by atoms with E-state index >= 15 is 0 Å². The third-order valence-corrected chi connectivity index (χ3v) is 6.36. The van der Waals surface area contributed by atoms with Crippen LogP contribution in [0.1, 0.15) is 41.6 Å². The summed E-state index contributed by atoms with van der Waals surface area (Å²) in [5, 5.41) is 5.08. The fourth-order valence-corrected chi connectivity index (χ4v) is 4.36. The van der Waals surface area contributed by atoms with E-state index in [0.29, 0.717) is 23.0 Å². The molecule has 0 radical (unpaired) electrons. The van der Waals surface area contributed by atoms with Gasteiger partial charge in [0.15, 0.2) is 0 Å². The highest BCUT2D eigenvalue weighted by Crippen LogP contribution is 2.36. The molecule has 2 heterocycles. The fraction of sp³-hybridized carbons (Fsp3) is 0.360. The Hall–Kier alpha value is -2.79. The third-order valence-electron chi connectivity index (χ3n) is 6.11. The first kappa shape index (κ1) is 20.1. The van der Waals surface area contributed by atoms with Crippen LogP contribution in [0.25, 0.3) is 11.3 Å². The van der Waals surface area contributed by atoms with Crippen molar-refractivity contribution in [2.75, 3.05) is 24.5 Å². The minimum absolute atomic E-state index is 0.0242. The van der Waals surface area contributed by atoms with Gasteiger partial charge in [-0.25, -0.2) is 0 Å². The largest absolute Gasteiger partial charge is 0.340 e. The van der Waals surface area contributed by atoms with Gasteiger partial charge in [0.2, 0.25) is 5.88 Å². The van der Waals surface area contributed by atoms with E-state index in [0.717, 1.165) is 55.2 Å². The van der Waals surface area contributed by atoms with E-state index in [2.05, 4.69) is 10.1 Å². The van der Waals surface area contributed by atoms with Crippen molar-refractivity contribution in [3.63, 3.8) is 0 Å². The molecule has 1 saturated heterocycles. The molecule has 1 aliphatic heterocycles. The number of anilines is 1. The van der Waals surface area contributed by atoms with Crippen LogP contribution >= 0.6 is 11.6 Å². The lowest BCUT2D eigenvalue weighted by Crippen LogP contribution is -2.33. The van der Waals surface area contributed by atoms with Crippen molar-refractivity contribution >= 4 is 23.4 Å². The molecular formula is C25H26ClN3O2. The van der Waals surface area contributed by atoms with Gasteiger partial charge in [-0.05, 0) is 55.9 Å². The van der Waals surface area contributed by atoms with Crippen molar-refractivity contribution < 1.29 is 9.32 Å². The zero-order valence-electron chi connectivity index (χ0n) is 17.5. The van der Waals surface area contributed by atoms with Gasteiger partial charge in [-0.3, -0.25) is 4.79 Å². The molecule has 2 aromatic carbocycles. The molecule has 2 fully saturated rings. The Morgan fingerprint density at radius 2 is 1.77 bits per heavy atom. The molecular weight excluding hydrogens is 410 g/mol. The standard InChI is InChI=1S/C25H26ClN3O2/c26-21-12-10-20(11-13-21)24(30)29(16-18-8-9-18)17-22-23(19-6-2-1-3-7-19)27-31-25(22)28-14-4-5-15-28/h1-3,6-7,10-13,18H,4-5,8-9,14-17H2. The van der Waals surface area contributed by atoms with Gasteiger partial charge in [-0.1, -0.05) is 47.1 Å². The summed E-state index contributed by atoms with van der Waals surface area (Å²) in [6.45, 7) is 3.16. The topological polar surface area (TPSA) is 49.6 Å². The quantitative estimate of drug-likeness (QED) is 0.481. The van der Waals surface area contributed by atoms with Crippen LogP contribution in [0, 0.1) is 5.92 Å². The van der Waals surface area contributed by atoms with Crippen molar-refractivity contribution in [3.8, 4) is 11.3 Å². The molecule has 1 saturated carbocycles. The lowest BCUT2D eigenvalue weighted by molar-refractivity contribution is 0.0735. The van der Waals surface area contributed by atoms with Crippen LogP contribution in [0.5, 0.6) is 0 Å². The maximum Gasteiger partial charge on any atom is 0.254 e. The Balaban J connectivity index is 1.50. The zero-order valence-corrected chi connectivity index (χ0v) is 18.2. The summed E-state index contributed by atoms with van der Waals surface area (Å²) in [4.78, 5) is 17.7. The number of carbonyl (C=O) groups is 1. The predicted octanol–water partition coefficient (Wildman–Crippen LogP) is 5.65. The summed E-state index contributed by atoms with van der Waals surface area (Å²) in [6, 6.07) is 17.2. The Morgan fingerprint density at radius 3 is 2.45 bits per heavy atom. The van der Waals surface area contributed by atoms with Crippen LogP contribution in [0.2, 0.25) is 5.02 Å². The van der Waals surface area contributed by atoms with Crippen LogP contribution in [0.3, 0.4) is 0 Å². The first-order valence-electron chi connectivity index (χ1n) is 11.0. The molecule has 0 bridgehead atoms. The molecule has 1 aliphatic carbocycles. The summed E-state index contributed by atoms with van der Waals surface area (Å²) in [5.74, 6) is 1.41. The lowest BCUT2D eigenvalue weighted by atomic mass is 10.1. The minimum atomic E-state index is 0.0242. The van der Waals surface area contributed by atoms with Gasteiger partial charge < -0.3 is 14.3 Å². The molecule has 2 aliphatic rings. The average Bonchev–Trinajstić information content (AvgIpc) is 3.27. The van der Waals surface area contributed by atoms with Crippen molar-refractivity contribution in [2.45, 2.75) is 32.2 Å². The predicted molar refractivity (Wildman–Crippen MR) is 122 cm³/mol. The highest BCUT2D eigenvalue weighted by molar-refractivity contribution is 6.30. The summed E-state index contributed by atoms with van der Waals surface area (Å²) < 4.78 is 5.88. The van der Waals surface area contributed by atoms with Crippen LogP contribution in [0.15, 0.2) is 59.1 Å². The zero-order chi connectivity index (χ0) is 21.2. The number of halogens is 1.